The number of anilines is 1. The molecule has 0 unspecified atom stereocenters. The maximum atomic E-state index is 15.7. The first kappa shape index (κ1) is 20.1. The minimum absolute atomic E-state index is 0.0270. The molecule has 1 aliphatic heterocycles. The van der Waals surface area contributed by atoms with E-state index in [0.717, 1.165) is 37.3 Å². The third-order valence-electron chi connectivity index (χ3n) is 6.88. The van der Waals surface area contributed by atoms with Gasteiger partial charge in [-0.1, -0.05) is 29.4 Å². The molecular weight excluding hydrogens is 430 g/mol. The van der Waals surface area contributed by atoms with Crippen LogP contribution in [0.2, 0.25) is 0 Å². The monoisotopic (exact) mass is 450 g/mol. The van der Waals surface area contributed by atoms with Crippen LogP contribution in [0.25, 0.3) is 22.5 Å². The predicted molar refractivity (Wildman–Crippen MR) is 116 cm³/mol. The van der Waals surface area contributed by atoms with E-state index in [-0.39, 0.29) is 46.1 Å². The number of fused-ring (bicyclic) bond motifs is 1. The van der Waals surface area contributed by atoms with Crippen molar-refractivity contribution in [2.24, 2.45) is 0 Å². The molecule has 2 heterocycles. The van der Waals surface area contributed by atoms with Gasteiger partial charge in [0.15, 0.2) is 5.76 Å². The van der Waals surface area contributed by atoms with Gasteiger partial charge >= 0.3 is 0 Å². The number of carbonyl (C=O) groups is 1. The van der Waals surface area contributed by atoms with Crippen LogP contribution in [0, 0.1) is 11.6 Å². The molecule has 2 aliphatic carbocycles. The van der Waals surface area contributed by atoms with Crippen LogP contribution in [-0.4, -0.2) is 27.9 Å². The first-order valence-corrected chi connectivity index (χ1v) is 10.9. The molecule has 1 amide bonds. The highest BCUT2D eigenvalue weighted by molar-refractivity contribution is 6.36. The van der Waals surface area contributed by atoms with Crippen molar-refractivity contribution in [3.05, 3.63) is 70.6 Å². The molecular formula is C25H20F2N2O4. The van der Waals surface area contributed by atoms with Crippen molar-refractivity contribution < 1.29 is 28.3 Å². The fourth-order valence-electron chi connectivity index (χ4n) is 4.53. The Labute approximate surface area is 187 Å². The van der Waals surface area contributed by atoms with Gasteiger partial charge in [0.2, 0.25) is 5.76 Å². The average Bonchev–Trinajstić information content (AvgIpc) is 3.73. The number of carbonyl (C=O) groups excluding carboxylic acids is 1. The molecule has 2 aromatic carbocycles. The fourth-order valence-corrected chi connectivity index (χ4v) is 4.53. The Hall–Kier alpha value is -3.52. The molecule has 3 aromatic rings. The number of aliphatic hydroxyl groups excluding tert-OH is 2. The Balaban J connectivity index is 1.45. The van der Waals surface area contributed by atoms with Crippen LogP contribution in [0.1, 0.15) is 54.2 Å². The summed E-state index contributed by atoms with van der Waals surface area (Å²) in [5.41, 5.74) is 0.729. The van der Waals surface area contributed by atoms with Crippen LogP contribution in [0.15, 0.2) is 40.9 Å². The summed E-state index contributed by atoms with van der Waals surface area (Å²) in [5, 5.41) is 26.7. The lowest BCUT2D eigenvalue weighted by Crippen LogP contribution is -2.11. The van der Waals surface area contributed by atoms with Gasteiger partial charge in [-0.25, -0.2) is 8.78 Å². The second-order valence-electron chi connectivity index (χ2n) is 9.05. The van der Waals surface area contributed by atoms with Crippen LogP contribution in [-0.2, 0) is 10.2 Å². The standard InChI is InChI=1S/C25H20F2N2O4/c26-15-9-17-20(21(24(32)28-17)23(31)18-10-16(29-33-18)12-1-2-12)22(27)19(15)13-3-5-14(6-4-13)25(11-30)7-8-25/h3-6,9-10,12,30-31H,1-2,7-8,11H2,(H,28,32). The second-order valence-corrected chi connectivity index (χ2v) is 9.05. The van der Waals surface area contributed by atoms with E-state index >= 15 is 4.39 Å². The van der Waals surface area contributed by atoms with E-state index in [0.29, 0.717) is 11.3 Å². The smallest absolute Gasteiger partial charge is 0.260 e. The molecule has 33 heavy (non-hydrogen) atoms. The number of hydrogen-bond donors (Lipinski definition) is 3. The summed E-state index contributed by atoms with van der Waals surface area (Å²) in [7, 11) is 0. The lowest BCUT2D eigenvalue weighted by Gasteiger charge is -2.14. The largest absolute Gasteiger partial charge is 0.504 e. The zero-order chi connectivity index (χ0) is 22.9. The molecule has 8 heteroatoms. The molecule has 1 aromatic heterocycles. The Morgan fingerprint density at radius 1 is 1.15 bits per heavy atom. The number of hydrogen-bond acceptors (Lipinski definition) is 5. The van der Waals surface area contributed by atoms with Gasteiger partial charge in [-0.3, -0.25) is 4.79 Å². The SMILES string of the molecule is O=C1Nc2cc(F)c(-c3ccc(C4(CO)CC4)cc3)c(F)c2C1=C(O)c1cc(C2CC2)no1. The van der Waals surface area contributed by atoms with Crippen molar-refractivity contribution in [2.75, 3.05) is 11.9 Å². The molecule has 0 radical (unpaired) electrons. The lowest BCUT2D eigenvalue weighted by atomic mass is 9.92. The van der Waals surface area contributed by atoms with Crippen molar-refractivity contribution in [2.45, 2.75) is 37.0 Å². The zero-order valence-electron chi connectivity index (χ0n) is 17.5. The van der Waals surface area contributed by atoms with Gasteiger partial charge in [-0.2, -0.15) is 0 Å². The fraction of sp³-hybridized carbons (Fsp3) is 0.280. The zero-order valence-corrected chi connectivity index (χ0v) is 17.5. The summed E-state index contributed by atoms with van der Waals surface area (Å²) in [4.78, 5) is 12.6. The number of rotatable bonds is 5. The highest BCUT2D eigenvalue weighted by atomic mass is 19.1. The molecule has 0 bridgehead atoms. The van der Waals surface area contributed by atoms with E-state index in [9.17, 15) is 19.4 Å². The maximum absolute atomic E-state index is 15.7. The number of benzene rings is 2. The Kier molecular flexibility index (Phi) is 4.26. The Bertz CT molecular complexity index is 1340. The number of aromatic nitrogens is 1. The van der Waals surface area contributed by atoms with Crippen molar-refractivity contribution in [3.8, 4) is 11.1 Å². The number of nitrogens with one attached hydrogen (secondary N) is 1. The Morgan fingerprint density at radius 3 is 2.52 bits per heavy atom. The number of nitrogens with zero attached hydrogens (tertiary/aromatic N) is 1. The van der Waals surface area contributed by atoms with E-state index in [2.05, 4.69) is 10.5 Å². The van der Waals surface area contributed by atoms with Crippen molar-refractivity contribution in [1.29, 1.82) is 0 Å². The van der Waals surface area contributed by atoms with E-state index in [1.165, 1.54) is 0 Å². The highest BCUT2D eigenvalue weighted by Gasteiger charge is 2.43. The molecule has 2 fully saturated rings. The minimum atomic E-state index is -0.956. The van der Waals surface area contributed by atoms with Crippen molar-refractivity contribution >= 4 is 22.9 Å². The van der Waals surface area contributed by atoms with E-state index in [4.69, 9.17) is 4.52 Å². The number of amides is 1. The quantitative estimate of drug-likeness (QED) is 0.380. The van der Waals surface area contributed by atoms with E-state index in [1.807, 2.05) is 0 Å². The number of halogens is 2. The van der Waals surface area contributed by atoms with Gasteiger partial charge in [-0.15, -0.1) is 0 Å². The summed E-state index contributed by atoms with van der Waals surface area (Å²) in [6.07, 6.45) is 3.69. The Morgan fingerprint density at radius 2 is 1.88 bits per heavy atom. The van der Waals surface area contributed by atoms with Crippen LogP contribution < -0.4 is 5.32 Å². The lowest BCUT2D eigenvalue weighted by molar-refractivity contribution is -0.110. The van der Waals surface area contributed by atoms with Crippen molar-refractivity contribution in [3.63, 3.8) is 0 Å². The van der Waals surface area contributed by atoms with Gasteiger partial charge < -0.3 is 20.1 Å². The van der Waals surface area contributed by atoms with Crippen LogP contribution >= 0.6 is 0 Å². The van der Waals surface area contributed by atoms with Gasteiger partial charge in [0.1, 0.15) is 11.6 Å². The molecule has 6 rings (SSSR count). The number of aliphatic hydroxyl groups is 2. The summed E-state index contributed by atoms with van der Waals surface area (Å²) in [6, 6.07) is 9.31. The van der Waals surface area contributed by atoms with Gasteiger partial charge in [0.05, 0.1) is 34.7 Å². The topological polar surface area (TPSA) is 95.6 Å². The first-order valence-electron chi connectivity index (χ1n) is 10.9. The van der Waals surface area contributed by atoms with Crippen molar-refractivity contribution in [1.82, 2.24) is 5.16 Å². The van der Waals surface area contributed by atoms with E-state index < -0.39 is 23.3 Å². The molecule has 3 N–H and O–H groups in total. The van der Waals surface area contributed by atoms with Gasteiger partial charge in [0.25, 0.3) is 5.91 Å². The second kappa shape index (κ2) is 6.99. The third kappa shape index (κ3) is 3.08. The highest BCUT2D eigenvalue weighted by Crippen LogP contribution is 2.48. The van der Waals surface area contributed by atoms with Crippen LogP contribution in [0.3, 0.4) is 0 Å². The molecule has 0 spiro atoms. The maximum Gasteiger partial charge on any atom is 0.260 e. The van der Waals surface area contributed by atoms with E-state index in [1.54, 1.807) is 30.3 Å². The summed E-state index contributed by atoms with van der Waals surface area (Å²) >= 11 is 0. The molecule has 0 atom stereocenters. The third-order valence-corrected chi connectivity index (χ3v) is 6.88. The van der Waals surface area contributed by atoms with Crippen LogP contribution in [0.4, 0.5) is 14.5 Å². The van der Waals surface area contributed by atoms with Gasteiger partial charge in [-0.05, 0) is 42.9 Å². The summed E-state index contributed by atoms with van der Waals surface area (Å²) < 4.78 is 35.8. The van der Waals surface area contributed by atoms with Crippen LogP contribution in [0.5, 0.6) is 0 Å². The van der Waals surface area contributed by atoms with Gasteiger partial charge in [0, 0.05) is 17.4 Å². The summed E-state index contributed by atoms with van der Waals surface area (Å²) in [5.74, 6) is -2.86. The molecule has 168 valence electrons. The minimum Gasteiger partial charge on any atom is -0.504 e. The molecule has 3 aliphatic rings. The molecule has 0 saturated heterocycles. The summed E-state index contributed by atoms with van der Waals surface area (Å²) in [6.45, 7) is 0.0270. The first-order chi connectivity index (χ1) is 15.9. The average molecular weight is 450 g/mol. The predicted octanol–water partition coefficient (Wildman–Crippen LogP) is 4.90. The molecule has 6 nitrogen and oxygen atoms in total. The molecule has 2 saturated carbocycles. The normalized spacial score (nSPS) is 19.9.